The van der Waals surface area contributed by atoms with Gasteiger partial charge >= 0.3 is 0 Å². The number of anilines is 1. The van der Waals surface area contributed by atoms with Crippen LogP contribution in [0.3, 0.4) is 0 Å². The van der Waals surface area contributed by atoms with Crippen molar-refractivity contribution >= 4 is 11.6 Å². The number of amides is 1. The summed E-state index contributed by atoms with van der Waals surface area (Å²) in [5.74, 6) is 0.196. The molecule has 4 heteroatoms. The fourth-order valence-electron chi connectivity index (χ4n) is 2.93. The van der Waals surface area contributed by atoms with Gasteiger partial charge in [0.15, 0.2) is 0 Å². The smallest absolute Gasteiger partial charge is 0.250 e. The number of hydrogen-bond acceptors (Lipinski definition) is 3. The fourth-order valence-corrected chi connectivity index (χ4v) is 2.93. The largest absolute Gasteiger partial charge is 0.380 e. The van der Waals surface area contributed by atoms with Crippen LogP contribution in [-0.4, -0.2) is 18.5 Å². The molecule has 1 atom stereocenters. The second-order valence-electron chi connectivity index (χ2n) is 5.29. The molecule has 0 aliphatic heterocycles. The minimum Gasteiger partial charge on any atom is -0.380 e. The number of para-hydroxylation sites is 1. The van der Waals surface area contributed by atoms with Crippen molar-refractivity contribution in [1.82, 2.24) is 0 Å². The van der Waals surface area contributed by atoms with Gasteiger partial charge in [-0.15, -0.1) is 0 Å². The number of benzene rings is 1. The third kappa shape index (κ3) is 3.47. The van der Waals surface area contributed by atoms with Crippen molar-refractivity contribution in [1.29, 1.82) is 0 Å². The lowest BCUT2D eigenvalue weighted by Gasteiger charge is -2.31. The van der Waals surface area contributed by atoms with Crippen molar-refractivity contribution < 1.29 is 4.79 Å². The predicted molar refractivity (Wildman–Crippen MR) is 78.0 cm³/mol. The second-order valence-corrected chi connectivity index (χ2v) is 5.29. The summed E-state index contributed by atoms with van der Waals surface area (Å²) in [6, 6.07) is 7.60. The molecule has 104 valence electrons. The van der Waals surface area contributed by atoms with E-state index in [4.69, 9.17) is 11.5 Å². The first-order valence-electron chi connectivity index (χ1n) is 7.08. The van der Waals surface area contributed by atoms with Gasteiger partial charge in [-0.25, -0.2) is 0 Å². The molecule has 0 saturated heterocycles. The minimum atomic E-state index is -0.400. The van der Waals surface area contributed by atoms with Gasteiger partial charge in [0.1, 0.15) is 0 Å². The Labute approximate surface area is 114 Å². The number of primary amides is 1. The molecule has 1 fully saturated rings. The van der Waals surface area contributed by atoms with Crippen LogP contribution in [0.15, 0.2) is 24.3 Å². The average molecular weight is 261 g/mol. The molecular weight excluding hydrogens is 238 g/mol. The molecule has 1 aromatic rings. The van der Waals surface area contributed by atoms with E-state index in [9.17, 15) is 4.79 Å². The summed E-state index contributed by atoms with van der Waals surface area (Å²) in [5, 5.41) is 3.42. The molecule has 19 heavy (non-hydrogen) atoms. The number of carbonyl (C=O) groups excluding carboxylic acids is 1. The highest BCUT2D eigenvalue weighted by molar-refractivity contribution is 5.98. The Balaban J connectivity index is 2.11. The highest BCUT2D eigenvalue weighted by Gasteiger charge is 2.23. The van der Waals surface area contributed by atoms with Crippen LogP contribution in [0.1, 0.15) is 42.5 Å². The number of nitrogens with two attached hydrogens (primary N) is 2. The van der Waals surface area contributed by atoms with E-state index in [1.807, 2.05) is 18.2 Å². The topological polar surface area (TPSA) is 81.1 Å². The SMILES string of the molecule is NCC(Nc1ccccc1C(N)=O)C1CCCCC1. The molecule has 0 heterocycles. The summed E-state index contributed by atoms with van der Waals surface area (Å²) in [6.45, 7) is 0.581. The molecule has 1 aliphatic rings. The number of hydrogen-bond donors (Lipinski definition) is 3. The van der Waals surface area contributed by atoms with Crippen LogP contribution in [0.4, 0.5) is 5.69 Å². The van der Waals surface area contributed by atoms with Crippen molar-refractivity contribution in [3.8, 4) is 0 Å². The normalized spacial score (nSPS) is 17.9. The summed E-state index contributed by atoms with van der Waals surface area (Å²) in [6.07, 6.45) is 6.31. The van der Waals surface area contributed by atoms with Gasteiger partial charge in [0.05, 0.1) is 5.56 Å². The monoisotopic (exact) mass is 261 g/mol. The molecular formula is C15H23N3O. The van der Waals surface area contributed by atoms with E-state index in [1.54, 1.807) is 6.07 Å². The molecule has 4 nitrogen and oxygen atoms in total. The van der Waals surface area contributed by atoms with E-state index < -0.39 is 5.91 Å². The summed E-state index contributed by atoms with van der Waals surface area (Å²) >= 11 is 0. The molecule has 1 saturated carbocycles. The molecule has 0 spiro atoms. The maximum absolute atomic E-state index is 11.4. The van der Waals surface area contributed by atoms with Gasteiger partial charge in [-0.3, -0.25) is 4.79 Å². The standard InChI is InChI=1S/C15H23N3O/c16-10-14(11-6-2-1-3-7-11)18-13-9-5-4-8-12(13)15(17)19/h4-5,8-9,11,14,18H,1-3,6-7,10,16H2,(H2,17,19). The second kappa shape index (κ2) is 6.57. The van der Waals surface area contributed by atoms with Crippen molar-refractivity contribution in [2.24, 2.45) is 17.4 Å². The van der Waals surface area contributed by atoms with E-state index in [0.29, 0.717) is 18.0 Å². The first-order valence-corrected chi connectivity index (χ1v) is 7.08. The lowest BCUT2D eigenvalue weighted by atomic mass is 9.83. The van der Waals surface area contributed by atoms with Crippen molar-refractivity contribution in [2.75, 3.05) is 11.9 Å². The molecule has 2 rings (SSSR count). The van der Waals surface area contributed by atoms with Crippen LogP contribution < -0.4 is 16.8 Å². The Hall–Kier alpha value is -1.55. The van der Waals surface area contributed by atoms with E-state index in [1.165, 1.54) is 32.1 Å². The van der Waals surface area contributed by atoms with Crippen LogP contribution in [0, 0.1) is 5.92 Å². The lowest BCUT2D eigenvalue weighted by Crippen LogP contribution is -2.38. The van der Waals surface area contributed by atoms with E-state index in [0.717, 1.165) is 5.69 Å². The Morgan fingerprint density at radius 3 is 2.58 bits per heavy atom. The highest BCUT2D eigenvalue weighted by atomic mass is 16.1. The Bertz CT molecular complexity index is 427. The van der Waals surface area contributed by atoms with Crippen molar-refractivity contribution in [3.05, 3.63) is 29.8 Å². The van der Waals surface area contributed by atoms with Gasteiger partial charge in [-0.2, -0.15) is 0 Å². The van der Waals surface area contributed by atoms with Gasteiger partial charge in [0.2, 0.25) is 0 Å². The third-order valence-electron chi connectivity index (χ3n) is 4.01. The quantitative estimate of drug-likeness (QED) is 0.759. The van der Waals surface area contributed by atoms with Crippen LogP contribution in [-0.2, 0) is 0 Å². The molecule has 5 N–H and O–H groups in total. The molecule has 1 aromatic carbocycles. The van der Waals surface area contributed by atoms with Gasteiger partial charge in [0, 0.05) is 18.3 Å². The lowest BCUT2D eigenvalue weighted by molar-refractivity contribution is 0.100. The highest BCUT2D eigenvalue weighted by Crippen LogP contribution is 2.28. The number of carbonyl (C=O) groups is 1. The van der Waals surface area contributed by atoms with Gasteiger partial charge < -0.3 is 16.8 Å². The van der Waals surface area contributed by atoms with Crippen molar-refractivity contribution in [2.45, 2.75) is 38.1 Å². The third-order valence-corrected chi connectivity index (χ3v) is 4.01. The first kappa shape index (κ1) is 13.9. The Morgan fingerprint density at radius 1 is 1.26 bits per heavy atom. The average Bonchev–Trinajstić information content (AvgIpc) is 2.46. The molecule has 1 aliphatic carbocycles. The zero-order chi connectivity index (χ0) is 13.7. The van der Waals surface area contributed by atoms with E-state index in [-0.39, 0.29) is 6.04 Å². The molecule has 0 aromatic heterocycles. The number of rotatable bonds is 5. The molecule has 1 amide bonds. The predicted octanol–water partition coefficient (Wildman–Crippen LogP) is 2.10. The zero-order valence-corrected chi connectivity index (χ0v) is 11.3. The molecule has 1 unspecified atom stereocenters. The first-order chi connectivity index (χ1) is 9.22. The number of nitrogens with one attached hydrogen (secondary N) is 1. The zero-order valence-electron chi connectivity index (χ0n) is 11.3. The fraction of sp³-hybridized carbons (Fsp3) is 0.533. The Kier molecular flexibility index (Phi) is 4.80. The molecule has 0 radical (unpaired) electrons. The summed E-state index contributed by atoms with van der Waals surface area (Å²) in [4.78, 5) is 11.4. The summed E-state index contributed by atoms with van der Waals surface area (Å²) < 4.78 is 0. The van der Waals surface area contributed by atoms with Gasteiger partial charge in [-0.1, -0.05) is 31.4 Å². The van der Waals surface area contributed by atoms with Crippen LogP contribution in [0.25, 0.3) is 0 Å². The summed E-state index contributed by atoms with van der Waals surface area (Å²) in [5.41, 5.74) is 12.6. The minimum absolute atomic E-state index is 0.223. The maximum atomic E-state index is 11.4. The van der Waals surface area contributed by atoms with Crippen molar-refractivity contribution in [3.63, 3.8) is 0 Å². The summed E-state index contributed by atoms with van der Waals surface area (Å²) in [7, 11) is 0. The van der Waals surface area contributed by atoms with Crippen LogP contribution in [0.5, 0.6) is 0 Å². The van der Waals surface area contributed by atoms with E-state index >= 15 is 0 Å². The Morgan fingerprint density at radius 2 is 1.95 bits per heavy atom. The van der Waals surface area contributed by atoms with Crippen LogP contribution >= 0.6 is 0 Å². The molecule has 0 bridgehead atoms. The maximum Gasteiger partial charge on any atom is 0.250 e. The van der Waals surface area contributed by atoms with Crippen LogP contribution in [0.2, 0.25) is 0 Å². The van der Waals surface area contributed by atoms with Gasteiger partial charge in [-0.05, 0) is 30.9 Å². The van der Waals surface area contributed by atoms with Gasteiger partial charge in [0.25, 0.3) is 5.91 Å². The van der Waals surface area contributed by atoms with E-state index in [2.05, 4.69) is 5.32 Å².